The quantitative estimate of drug-likeness (QED) is 0.485. The molecule has 9 heteroatoms. The van der Waals surface area contributed by atoms with Crippen molar-refractivity contribution in [2.75, 3.05) is 20.2 Å². The molecular formula is C25H33ClF3N3O2. The monoisotopic (exact) mass is 499 g/mol. The van der Waals surface area contributed by atoms with Crippen LogP contribution in [0.5, 0.6) is 5.75 Å². The molecule has 0 saturated carbocycles. The molecule has 1 aliphatic rings. The number of benzene rings is 1. The number of aliphatic hydroxyl groups is 1. The average Bonchev–Trinajstić information content (AvgIpc) is 3.20. The standard InChI is InChI=1S/C22H24ClF3N2O2.C3H9N/c1-20(2,18-11-16(23)10-15-5-8-30-19(15)18)13-21(29,22(24,25)26)12-17(27)9-14-3-6-28-7-4-14;1-3-4-2/h3-4,6-7,9-11,29H,5,8,12-13,27H2,1-2H3;4H,3H2,1-2H3/b17-9-;. The predicted octanol–water partition coefficient (Wildman–Crippen LogP) is 5.25. The van der Waals surface area contributed by atoms with E-state index in [0.717, 1.165) is 12.1 Å². The van der Waals surface area contributed by atoms with Crippen molar-refractivity contribution in [2.45, 2.75) is 57.2 Å². The maximum atomic E-state index is 14.0. The van der Waals surface area contributed by atoms with Crippen LogP contribution < -0.4 is 15.8 Å². The first kappa shape index (κ1) is 28.0. The fraction of sp³-hybridized carbons (Fsp3) is 0.480. The first-order valence-electron chi connectivity index (χ1n) is 11.1. The number of pyridine rings is 1. The van der Waals surface area contributed by atoms with Crippen LogP contribution in [0.15, 0.2) is 42.4 Å². The third kappa shape index (κ3) is 7.10. The Morgan fingerprint density at radius 3 is 2.44 bits per heavy atom. The van der Waals surface area contributed by atoms with Crippen molar-refractivity contribution in [3.05, 3.63) is 64.1 Å². The van der Waals surface area contributed by atoms with Crippen LogP contribution in [-0.4, -0.2) is 42.1 Å². The van der Waals surface area contributed by atoms with Gasteiger partial charge in [0.2, 0.25) is 0 Å². The molecule has 3 rings (SSSR count). The number of aromatic nitrogens is 1. The zero-order chi connectivity index (χ0) is 25.6. The van der Waals surface area contributed by atoms with Crippen LogP contribution in [0.3, 0.4) is 0 Å². The summed E-state index contributed by atoms with van der Waals surface area (Å²) in [6.07, 6.45) is -1.18. The van der Waals surface area contributed by atoms with Gasteiger partial charge >= 0.3 is 6.18 Å². The molecule has 188 valence electrons. The molecule has 0 fully saturated rings. The Balaban J connectivity index is 0.000000945. The highest BCUT2D eigenvalue weighted by Crippen LogP contribution is 2.48. The molecule has 1 aliphatic heterocycles. The van der Waals surface area contributed by atoms with E-state index >= 15 is 0 Å². The SMILES string of the molecule is CC(C)(CC(O)(C/C(N)=C/c1ccncc1)C(F)(F)F)c1cc(Cl)cc2c1OCC2.CCNC. The molecule has 1 atom stereocenters. The molecule has 0 amide bonds. The lowest BCUT2D eigenvalue weighted by molar-refractivity contribution is -0.266. The molecule has 0 spiro atoms. The van der Waals surface area contributed by atoms with Crippen molar-refractivity contribution < 1.29 is 23.0 Å². The summed E-state index contributed by atoms with van der Waals surface area (Å²) in [6, 6.07) is 6.61. The second-order valence-electron chi connectivity index (χ2n) is 9.01. The van der Waals surface area contributed by atoms with E-state index in [4.69, 9.17) is 22.1 Å². The Hall–Kier alpha value is -2.29. The third-order valence-corrected chi connectivity index (χ3v) is 5.87. The highest BCUT2D eigenvalue weighted by atomic mass is 35.5. The van der Waals surface area contributed by atoms with Crippen molar-refractivity contribution in [2.24, 2.45) is 5.73 Å². The van der Waals surface area contributed by atoms with Crippen molar-refractivity contribution in [1.29, 1.82) is 0 Å². The number of hydrogen-bond donors (Lipinski definition) is 3. The van der Waals surface area contributed by atoms with E-state index in [1.165, 1.54) is 18.5 Å². The van der Waals surface area contributed by atoms with Gasteiger partial charge in [0, 0.05) is 41.5 Å². The minimum atomic E-state index is -4.89. The summed E-state index contributed by atoms with van der Waals surface area (Å²) in [5, 5.41) is 14.1. The molecule has 34 heavy (non-hydrogen) atoms. The molecular weight excluding hydrogens is 467 g/mol. The zero-order valence-electron chi connectivity index (χ0n) is 20.0. The fourth-order valence-electron chi connectivity index (χ4n) is 3.92. The molecule has 2 heterocycles. The number of ether oxygens (including phenoxy) is 1. The Kier molecular flexibility index (Phi) is 9.39. The smallest absolute Gasteiger partial charge is 0.417 e. The second-order valence-corrected chi connectivity index (χ2v) is 9.45. The van der Waals surface area contributed by atoms with E-state index in [9.17, 15) is 18.3 Å². The van der Waals surface area contributed by atoms with E-state index in [2.05, 4.69) is 17.2 Å². The number of nitrogens with two attached hydrogens (primary N) is 1. The number of alkyl halides is 3. The van der Waals surface area contributed by atoms with Crippen LogP contribution in [0, 0.1) is 0 Å². The van der Waals surface area contributed by atoms with Gasteiger partial charge in [0.05, 0.1) is 6.61 Å². The van der Waals surface area contributed by atoms with Crippen LogP contribution in [0.25, 0.3) is 6.08 Å². The molecule has 0 radical (unpaired) electrons. The maximum Gasteiger partial charge on any atom is 0.417 e. The molecule has 4 N–H and O–H groups in total. The normalized spacial score (nSPS) is 15.6. The van der Waals surface area contributed by atoms with Crippen molar-refractivity contribution in [3.8, 4) is 5.75 Å². The van der Waals surface area contributed by atoms with Gasteiger partial charge in [-0.15, -0.1) is 0 Å². The van der Waals surface area contributed by atoms with Gasteiger partial charge in [-0.3, -0.25) is 4.98 Å². The van der Waals surface area contributed by atoms with Gasteiger partial charge in [-0.1, -0.05) is 32.4 Å². The summed E-state index contributed by atoms with van der Waals surface area (Å²) in [5.41, 5.74) is 3.71. The summed E-state index contributed by atoms with van der Waals surface area (Å²) in [7, 11) is 1.93. The predicted molar refractivity (Wildman–Crippen MR) is 130 cm³/mol. The summed E-state index contributed by atoms with van der Waals surface area (Å²) in [4.78, 5) is 3.86. The highest BCUT2D eigenvalue weighted by Gasteiger charge is 2.56. The van der Waals surface area contributed by atoms with E-state index in [1.807, 2.05) is 7.05 Å². The third-order valence-electron chi connectivity index (χ3n) is 5.65. The Bertz CT molecular complexity index is 979. The minimum absolute atomic E-state index is 0.0793. The number of nitrogens with one attached hydrogen (secondary N) is 1. The molecule has 1 aromatic heterocycles. The Morgan fingerprint density at radius 1 is 1.26 bits per heavy atom. The topological polar surface area (TPSA) is 80.4 Å². The Morgan fingerprint density at radius 2 is 1.88 bits per heavy atom. The first-order chi connectivity index (χ1) is 15.8. The van der Waals surface area contributed by atoms with E-state index in [1.54, 1.807) is 38.1 Å². The van der Waals surface area contributed by atoms with Gasteiger partial charge in [-0.2, -0.15) is 13.2 Å². The van der Waals surface area contributed by atoms with Crippen LogP contribution in [0.1, 0.15) is 50.3 Å². The van der Waals surface area contributed by atoms with Gasteiger partial charge < -0.3 is 20.9 Å². The Labute approximate surface area is 204 Å². The molecule has 1 aromatic carbocycles. The van der Waals surface area contributed by atoms with Crippen molar-refractivity contribution >= 4 is 17.7 Å². The zero-order valence-corrected chi connectivity index (χ0v) is 20.7. The largest absolute Gasteiger partial charge is 0.493 e. The number of hydrogen-bond acceptors (Lipinski definition) is 5. The summed E-state index contributed by atoms with van der Waals surface area (Å²) < 4.78 is 47.7. The highest BCUT2D eigenvalue weighted by molar-refractivity contribution is 6.30. The molecule has 0 saturated heterocycles. The lowest BCUT2D eigenvalue weighted by atomic mass is 9.72. The number of fused-ring (bicyclic) bond motifs is 1. The summed E-state index contributed by atoms with van der Waals surface area (Å²) in [6.45, 7) is 6.87. The molecule has 2 aromatic rings. The minimum Gasteiger partial charge on any atom is -0.493 e. The lowest BCUT2D eigenvalue weighted by Crippen LogP contribution is -2.50. The van der Waals surface area contributed by atoms with Crippen LogP contribution >= 0.6 is 11.6 Å². The molecule has 0 aliphatic carbocycles. The maximum absolute atomic E-state index is 14.0. The lowest BCUT2D eigenvalue weighted by Gasteiger charge is -2.38. The van der Waals surface area contributed by atoms with Gasteiger partial charge in [0.25, 0.3) is 0 Å². The number of nitrogens with zero attached hydrogens (tertiary/aromatic N) is 1. The van der Waals surface area contributed by atoms with Gasteiger partial charge in [0.1, 0.15) is 5.75 Å². The first-order valence-corrected chi connectivity index (χ1v) is 11.5. The fourth-order valence-corrected chi connectivity index (χ4v) is 4.16. The van der Waals surface area contributed by atoms with Crippen molar-refractivity contribution in [3.63, 3.8) is 0 Å². The van der Waals surface area contributed by atoms with Crippen LogP contribution in [0.2, 0.25) is 5.02 Å². The van der Waals surface area contributed by atoms with Crippen molar-refractivity contribution in [1.82, 2.24) is 10.3 Å². The molecule has 0 bridgehead atoms. The number of halogens is 4. The van der Waals surface area contributed by atoms with E-state index < -0.39 is 30.0 Å². The van der Waals surface area contributed by atoms with Gasteiger partial charge in [-0.25, -0.2) is 0 Å². The van der Waals surface area contributed by atoms with Gasteiger partial charge in [-0.05, 0) is 66.9 Å². The van der Waals surface area contributed by atoms with Crippen LogP contribution in [0.4, 0.5) is 13.2 Å². The summed E-state index contributed by atoms with van der Waals surface area (Å²) in [5.74, 6) is 0.550. The van der Waals surface area contributed by atoms with Gasteiger partial charge in [0.15, 0.2) is 5.60 Å². The van der Waals surface area contributed by atoms with E-state index in [0.29, 0.717) is 34.9 Å². The summed E-state index contributed by atoms with van der Waals surface area (Å²) >= 11 is 6.20. The van der Waals surface area contributed by atoms with E-state index in [-0.39, 0.29) is 5.70 Å². The molecule has 5 nitrogen and oxygen atoms in total. The average molecular weight is 500 g/mol. The number of rotatable bonds is 7. The molecule has 1 unspecified atom stereocenters. The second kappa shape index (κ2) is 11.4. The van der Waals surface area contributed by atoms with Crippen LogP contribution in [-0.2, 0) is 11.8 Å².